The van der Waals surface area contributed by atoms with Gasteiger partial charge in [-0.05, 0) is 74.8 Å². The van der Waals surface area contributed by atoms with Crippen LogP contribution in [-0.2, 0) is 0 Å². The number of hydrogen-bond acceptors (Lipinski definition) is 3. The molecule has 9 aromatic rings. The molecule has 3 nitrogen and oxygen atoms in total. The lowest BCUT2D eigenvalue weighted by Gasteiger charge is -2.10. The molecule has 0 radical (unpaired) electrons. The highest BCUT2D eigenvalue weighted by Crippen LogP contribution is 2.37. The summed E-state index contributed by atoms with van der Waals surface area (Å²) in [6.45, 7) is 0. The highest BCUT2D eigenvalue weighted by atomic mass is 16.3. The fourth-order valence-corrected chi connectivity index (χ4v) is 6.59. The zero-order valence-corrected chi connectivity index (χ0v) is 26.6. The van der Waals surface area contributed by atoms with Crippen LogP contribution in [0.15, 0.2) is 186 Å². The molecule has 3 heteroatoms. The van der Waals surface area contributed by atoms with Crippen LogP contribution >= 0.6 is 0 Å². The van der Waals surface area contributed by atoms with Gasteiger partial charge in [0.1, 0.15) is 16.8 Å². The summed E-state index contributed by atoms with van der Waals surface area (Å²) in [7, 11) is 0. The Morgan fingerprint density at radius 3 is 1.35 bits per heavy atom. The van der Waals surface area contributed by atoms with Gasteiger partial charge < -0.3 is 4.42 Å². The SMILES string of the molecule is c1ccc(-c2cccc(-c3ccc(-c4nc(-c5cccc(-c6cccc(-c7ccccc7)c6)c5)nc5c4oc4ccccc45)cc3)c2)cc1. The average molecular weight is 627 g/mol. The van der Waals surface area contributed by atoms with Gasteiger partial charge in [0.05, 0.1) is 0 Å². The van der Waals surface area contributed by atoms with Crippen molar-refractivity contribution >= 4 is 22.1 Å². The molecule has 0 saturated carbocycles. The first-order chi connectivity index (χ1) is 24.3. The molecule has 0 spiro atoms. The summed E-state index contributed by atoms with van der Waals surface area (Å²) >= 11 is 0. The lowest BCUT2D eigenvalue weighted by atomic mass is 9.97. The van der Waals surface area contributed by atoms with Crippen LogP contribution in [0.5, 0.6) is 0 Å². The molecule has 0 aliphatic heterocycles. The normalized spacial score (nSPS) is 11.3. The predicted molar refractivity (Wildman–Crippen MR) is 202 cm³/mol. The largest absolute Gasteiger partial charge is 0.452 e. The van der Waals surface area contributed by atoms with Crippen LogP contribution in [0.3, 0.4) is 0 Å². The van der Waals surface area contributed by atoms with Gasteiger partial charge in [0.15, 0.2) is 11.4 Å². The molecule has 0 atom stereocenters. The average Bonchev–Trinajstić information content (AvgIpc) is 3.57. The molecule has 0 aliphatic carbocycles. The standard InChI is InChI=1S/C46H30N2O/c1-3-12-31(13-4-1)35-16-9-18-37(28-35)33-24-26-34(27-25-33)43-45-44(41-22-7-8-23-42(41)49-45)48-46(47-43)40-21-11-20-39(30-40)38-19-10-17-36(29-38)32-14-5-2-6-15-32/h1-30H. The minimum atomic E-state index is 0.662. The van der Waals surface area contributed by atoms with Crippen molar-refractivity contribution in [1.82, 2.24) is 9.97 Å². The van der Waals surface area contributed by atoms with E-state index in [2.05, 4.69) is 152 Å². The van der Waals surface area contributed by atoms with Crippen molar-refractivity contribution in [2.75, 3.05) is 0 Å². The Labute approximate surface area is 284 Å². The zero-order valence-electron chi connectivity index (χ0n) is 26.6. The number of nitrogens with zero attached hydrogens (tertiary/aromatic N) is 2. The number of hydrogen-bond donors (Lipinski definition) is 0. The number of rotatable bonds is 6. The minimum Gasteiger partial charge on any atom is -0.452 e. The lowest BCUT2D eigenvalue weighted by Crippen LogP contribution is -1.94. The molecule has 0 saturated heterocycles. The molecular weight excluding hydrogens is 597 g/mol. The van der Waals surface area contributed by atoms with Gasteiger partial charge in [-0.3, -0.25) is 0 Å². The van der Waals surface area contributed by atoms with E-state index in [0.717, 1.165) is 50.0 Å². The maximum Gasteiger partial charge on any atom is 0.180 e. The summed E-state index contributed by atoms with van der Waals surface area (Å²) in [5, 5.41) is 0.975. The quantitative estimate of drug-likeness (QED) is 0.184. The van der Waals surface area contributed by atoms with E-state index >= 15 is 0 Å². The van der Waals surface area contributed by atoms with Gasteiger partial charge in [-0.15, -0.1) is 0 Å². The molecule has 0 amide bonds. The van der Waals surface area contributed by atoms with Gasteiger partial charge in [0, 0.05) is 16.5 Å². The van der Waals surface area contributed by atoms with Gasteiger partial charge >= 0.3 is 0 Å². The Bertz CT molecular complexity index is 2590. The lowest BCUT2D eigenvalue weighted by molar-refractivity contribution is 0.667. The maximum atomic E-state index is 6.43. The second-order valence-corrected chi connectivity index (χ2v) is 12.2. The molecule has 2 aromatic heterocycles. The summed E-state index contributed by atoms with van der Waals surface area (Å²) in [5.41, 5.74) is 14.3. The van der Waals surface area contributed by atoms with E-state index in [9.17, 15) is 0 Å². The van der Waals surface area contributed by atoms with Crippen molar-refractivity contribution in [2.45, 2.75) is 0 Å². The monoisotopic (exact) mass is 626 g/mol. The van der Waals surface area contributed by atoms with Gasteiger partial charge in [0.25, 0.3) is 0 Å². The Balaban J connectivity index is 1.13. The van der Waals surface area contributed by atoms with Crippen LogP contribution in [0.25, 0.3) is 89.2 Å². The van der Waals surface area contributed by atoms with Gasteiger partial charge in [-0.2, -0.15) is 0 Å². The molecule has 49 heavy (non-hydrogen) atoms. The number of benzene rings is 7. The minimum absolute atomic E-state index is 0.662. The summed E-state index contributed by atoms with van der Waals surface area (Å²) in [6, 6.07) is 63.5. The third kappa shape index (κ3) is 5.48. The van der Waals surface area contributed by atoms with Crippen molar-refractivity contribution in [1.29, 1.82) is 0 Å². The Morgan fingerprint density at radius 1 is 0.327 bits per heavy atom. The van der Waals surface area contributed by atoms with E-state index in [1.807, 2.05) is 30.3 Å². The molecule has 0 N–H and O–H groups in total. The fourth-order valence-electron chi connectivity index (χ4n) is 6.59. The van der Waals surface area contributed by atoms with E-state index in [0.29, 0.717) is 11.4 Å². The molecule has 9 rings (SSSR count). The Kier molecular flexibility index (Phi) is 7.14. The Hall–Kier alpha value is -6.58. The molecule has 0 bridgehead atoms. The van der Waals surface area contributed by atoms with Gasteiger partial charge in [-0.1, -0.05) is 152 Å². The Morgan fingerprint density at radius 2 is 0.755 bits per heavy atom. The molecule has 2 heterocycles. The van der Waals surface area contributed by atoms with Gasteiger partial charge in [-0.25, -0.2) is 9.97 Å². The van der Waals surface area contributed by atoms with E-state index in [4.69, 9.17) is 14.4 Å². The summed E-state index contributed by atoms with van der Waals surface area (Å²) in [5.74, 6) is 0.662. The molecule has 0 aliphatic rings. The van der Waals surface area contributed by atoms with Crippen LogP contribution in [0.2, 0.25) is 0 Å². The first-order valence-corrected chi connectivity index (χ1v) is 16.5. The molecular formula is C46H30N2O. The number of aromatic nitrogens is 2. The molecule has 230 valence electrons. The fraction of sp³-hybridized carbons (Fsp3) is 0. The second-order valence-electron chi connectivity index (χ2n) is 12.2. The smallest absolute Gasteiger partial charge is 0.180 e. The molecule has 0 unspecified atom stereocenters. The topological polar surface area (TPSA) is 38.9 Å². The van der Waals surface area contributed by atoms with Crippen LogP contribution in [0, 0.1) is 0 Å². The second kappa shape index (κ2) is 12.2. The predicted octanol–water partition coefficient (Wildman–Crippen LogP) is 12.4. The third-order valence-corrected chi connectivity index (χ3v) is 9.10. The third-order valence-electron chi connectivity index (χ3n) is 9.10. The first kappa shape index (κ1) is 28.6. The van der Waals surface area contributed by atoms with E-state index in [1.54, 1.807) is 0 Å². The van der Waals surface area contributed by atoms with Crippen molar-refractivity contribution in [3.05, 3.63) is 182 Å². The zero-order chi connectivity index (χ0) is 32.6. The summed E-state index contributed by atoms with van der Waals surface area (Å²) in [4.78, 5) is 10.3. The number of fused-ring (bicyclic) bond motifs is 3. The van der Waals surface area contributed by atoms with Crippen LogP contribution < -0.4 is 0 Å². The van der Waals surface area contributed by atoms with E-state index < -0.39 is 0 Å². The van der Waals surface area contributed by atoms with Crippen molar-refractivity contribution in [3.63, 3.8) is 0 Å². The van der Waals surface area contributed by atoms with Crippen molar-refractivity contribution in [3.8, 4) is 67.2 Å². The van der Waals surface area contributed by atoms with Crippen molar-refractivity contribution in [2.24, 2.45) is 0 Å². The van der Waals surface area contributed by atoms with Crippen LogP contribution in [0.1, 0.15) is 0 Å². The van der Waals surface area contributed by atoms with E-state index in [-0.39, 0.29) is 0 Å². The number of furan rings is 1. The highest BCUT2D eigenvalue weighted by molar-refractivity contribution is 6.07. The maximum absolute atomic E-state index is 6.43. The summed E-state index contributed by atoms with van der Waals surface area (Å²) < 4.78 is 6.43. The van der Waals surface area contributed by atoms with E-state index in [1.165, 1.54) is 27.8 Å². The molecule has 0 fully saturated rings. The summed E-state index contributed by atoms with van der Waals surface area (Å²) in [6.07, 6.45) is 0. The first-order valence-electron chi connectivity index (χ1n) is 16.5. The highest BCUT2D eigenvalue weighted by Gasteiger charge is 2.18. The van der Waals surface area contributed by atoms with Crippen LogP contribution in [-0.4, -0.2) is 9.97 Å². The van der Waals surface area contributed by atoms with Crippen molar-refractivity contribution < 1.29 is 4.42 Å². The molecule has 7 aromatic carbocycles. The van der Waals surface area contributed by atoms with Gasteiger partial charge in [0.2, 0.25) is 0 Å². The number of para-hydroxylation sites is 1. The van der Waals surface area contributed by atoms with Crippen LogP contribution in [0.4, 0.5) is 0 Å².